The minimum absolute atomic E-state index is 0.0951. The van der Waals surface area contributed by atoms with Crippen molar-refractivity contribution < 1.29 is 9.53 Å². The monoisotopic (exact) mass is 460 g/mol. The number of ether oxygens (including phenoxy) is 1. The van der Waals surface area contributed by atoms with Crippen LogP contribution in [0.3, 0.4) is 0 Å². The average Bonchev–Trinajstić information content (AvgIpc) is 3.09. The van der Waals surface area contributed by atoms with E-state index in [1.54, 1.807) is 0 Å². The Morgan fingerprint density at radius 1 is 1.21 bits per heavy atom. The van der Waals surface area contributed by atoms with E-state index in [0.29, 0.717) is 18.3 Å². The Bertz CT molecular complexity index is 947. The van der Waals surface area contributed by atoms with E-state index in [4.69, 9.17) is 4.74 Å². The number of amides is 1. The number of thioether (sulfide) groups is 1. The molecular formula is C20H21BrN4O2S. The third-order valence-corrected chi connectivity index (χ3v) is 5.57. The van der Waals surface area contributed by atoms with Crippen LogP contribution in [-0.2, 0) is 17.9 Å². The standard InChI is InChI=1S/C20H21BrN4O2S/c1-3-25-18(12-27-15-7-5-4-6-8-15)23-24-20(25)28-13-19(26)22-17-10-9-14(2)11-16(17)21/h4-11H,3,12-13H2,1-2H3,(H,22,26). The number of anilines is 1. The van der Waals surface area contributed by atoms with Crippen molar-refractivity contribution in [2.45, 2.75) is 32.2 Å². The summed E-state index contributed by atoms with van der Waals surface area (Å²) in [5, 5.41) is 12.0. The molecule has 0 fully saturated rings. The van der Waals surface area contributed by atoms with E-state index in [0.717, 1.165) is 27.3 Å². The molecule has 0 saturated heterocycles. The summed E-state index contributed by atoms with van der Waals surface area (Å²) in [5.74, 6) is 1.67. The quantitative estimate of drug-likeness (QED) is 0.494. The van der Waals surface area contributed by atoms with Crippen LogP contribution < -0.4 is 10.1 Å². The molecule has 1 heterocycles. The van der Waals surface area contributed by atoms with Gasteiger partial charge in [0.25, 0.3) is 0 Å². The number of halogens is 1. The highest BCUT2D eigenvalue weighted by Gasteiger charge is 2.14. The molecule has 1 aromatic heterocycles. The molecule has 0 radical (unpaired) electrons. The van der Waals surface area contributed by atoms with Gasteiger partial charge in [0, 0.05) is 11.0 Å². The minimum Gasteiger partial charge on any atom is -0.486 e. The molecule has 0 aliphatic rings. The van der Waals surface area contributed by atoms with Gasteiger partial charge in [-0.3, -0.25) is 4.79 Å². The highest BCUT2D eigenvalue weighted by Crippen LogP contribution is 2.24. The maximum absolute atomic E-state index is 12.3. The van der Waals surface area contributed by atoms with Gasteiger partial charge in [-0.25, -0.2) is 0 Å². The predicted molar refractivity (Wildman–Crippen MR) is 115 cm³/mol. The fraction of sp³-hybridized carbons (Fsp3) is 0.250. The zero-order valence-electron chi connectivity index (χ0n) is 15.7. The van der Waals surface area contributed by atoms with Crippen molar-refractivity contribution >= 4 is 39.3 Å². The molecule has 1 amide bonds. The zero-order valence-corrected chi connectivity index (χ0v) is 18.1. The van der Waals surface area contributed by atoms with Crippen LogP contribution in [0.25, 0.3) is 0 Å². The van der Waals surface area contributed by atoms with Gasteiger partial charge in [0.2, 0.25) is 5.91 Å². The average molecular weight is 461 g/mol. The first-order valence-electron chi connectivity index (χ1n) is 8.85. The summed E-state index contributed by atoms with van der Waals surface area (Å²) in [7, 11) is 0. The molecule has 2 aromatic carbocycles. The normalized spacial score (nSPS) is 10.7. The number of para-hydroxylation sites is 1. The minimum atomic E-state index is -0.0951. The van der Waals surface area contributed by atoms with Gasteiger partial charge in [0.15, 0.2) is 11.0 Å². The molecule has 0 atom stereocenters. The number of nitrogens with zero attached hydrogens (tertiary/aromatic N) is 3. The summed E-state index contributed by atoms with van der Waals surface area (Å²) in [6.45, 7) is 5.05. The zero-order chi connectivity index (χ0) is 19.9. The lowest BCUT2D eigenvalue weighted by Gasteiger charge is -2.10. The van der Waals surface area contributed by atoms with Crippen LogP contribution in [0.1, 0.15) is 18.3 Å². The molecule has 0 unspecified atom stereocenters. The molecule has 3 aromatic rings. The van der Waals surface area contributed by atoms with Crippen LogP contribution in [0, 0.1) is 6.92 Å². The molecule has 0 spiro atoms. The first-order chi connectivity index (χ1) is 13.6. The summed E-state index contributed by atoms with van der Waals surface area (Å²) in [5.41, 5.74) is 1.88. The third kappa shape index (κ3) is 5.36. The summed E-state index contributed by atoms with van der Waals surface area (Å²) >= 11 is 4.83. The molecule has 6 nitrogen and oxygen atoms in total. The number of hydrogen-bond donors (Lipinski definition) is 1. The highest BCUT2D eigenvalue weighted by molar-refractivity contribution is 9.10. The lowest BCUT2D eigenvalue weighted by Crippen LogP contribution is -2.15. The Labute approximate surface area is 176 Å². The molecule has 0 bridgehead atoms. The molecule has 1 N–H and O–H groups in total. The van der Waals surface area contributed by atoms with Crippen LogP contribution >= 0.6 is 27.7 Å². The van der Waals surface area contributed by atoms with Crippen LogP contribution in [0.5, 0.6) is 5.75 Å². The summed E-state index contributed by atoms with van der Waals surface area (Å²) in [6.07, 6.45) is 0. The van der Waals surface area contributed by atoms with Gasteiger partial charge in [-0.05, 0) is 59.6 Å². The van der Waals surface area contributed by atoms with E-state index in [2.05, 4.69) is 31.4 Å². The molecule has 0 aliphatic carbocycles. The second-order valence-corrected chi connectivity index (χ2v) is 7.86. The third-order valence-electron chi connectivity index (χ3n) is 3.95. The van der Waals surface area contributed by atoms with Crippen molar-refractivity contribution in [3.63, 3.8) is 0 Å². The number of carbonyl (C=O) groups is 1. The fourth-order valence-electron chi connectivity index (χ4n) is 2.55. The second kappa shape index (κ2) is 9.75. The Morgan fingerprint density at radius 2 is 2.00 bits per heavy atom. The second-order valence-electron chi connectivity index (χ2n) is 6.06. The molecule has 0 aliphatic heterocycles. The van der Waals surface area contributed by atoms with E-state index in [-0.39, 0.29) is 11.7 Å². The van der Waals surface area contributed by atoms with Gasteiger partial charge in [-0.2, -0.15) is 0 Å². The number of carbonyl (C=O) groups excluding carboxylic acids is 1. The van der Waals surface area contributed by atoms with Crippen molar-refractivity contribution in [2.24, 2.45) is 0 Å². The molecule has 146 valence electrons. The van der Waals surface area contributed by atoms with Crippen molar-refractivity contribution in [1.29, 1.82) is 0 Å². The van der Waals surface area contributed by atoms with Crippen LogP contribution in [0.2, 0.25) is 0 Å². The Balaban J connectivity index is 1.58. The van der Waals surface area contributed by atoms with Gasteiger partial charge >= 0.3 is 0 Å². The number of benzene rings is 2. The van der Waals surface area contributed by atoms with Crippen LogP contribution in [0.4, 0.5) is 5.69 Å². The number of nitrogens with one attached hydrogen (secondary N) is 1. The van der Waals surface area contributed by atoms with Crippen molar-refractivity contribution in [2.75, 3.05) is 11.1 Å². The Morgan fingerprint density at radius 3 is 2.71 bits per heavy atom. The van der Waals surface area contributed by atoms with E-state index in [1.165, 1.54) is 11.8 Å². The first-order valence-corrected chi connectivity index (χ1v) is 10.6. The van der Waals surface area contributed by atoms with Crippen molar-refractivity contribution in [1.82, 2.24) is 14.8 Å². The number of rotatable bonds is 8. The molecule has 3 rings (SSSR count). The number of aromatic nitrogens is 3. The maximum Gasteiger partial charge on any atom is 0.234 e. The topological polar surface area (TPSA) is 69.0 Å². The largest absolute Gasteiger partial charge is 0.486 e. The van der Waals surface area contributed by atoms with E-state index in [1.807, 2.05) is 66.9 Å². The lowest BCUT2D eigenvalue weighted by molar-refractivity contribution is -0.113. The Kier molecular flexibility index (Phi) is 7.11. The van der Waals surface area contributed by atoms with Crippen LogP contribution in [-0.4, -0.2) is 26.4 Å². The van der Waals surface area contributed by atoms with Crippen molar-refractivity contribution in [3.05, 3.63) is 64.4 Å². The lowest BCUT2D eigenvalue weighted by atomic mass is 10.2. The SMILES string of the molecule is CCn1c(COc2ccccc2)nnc1SCC(=O)Nc1ccc(C)cc1Br. The molecular weight excluding hydrogens is 440 g/mol. The number of aryl methyl sites for hydroxylation is 1. The van der Waals surface area contributed by atoms with E-state index >= 15 is 0 Å². The van der Waals surface area contributed by atoms with Gasteiger partial charge in [0.05, 0.1) is 11.4 Å². The van der Waals surface area contributed by atoms with Crippen LogP contribution in [0.15, 0.2) is 58.2 Å². The van der Waals surface area contributed by atoms with Gasteiger partial charge in [-0.1, -0.05) is 36.0 Å². The smallest absolute Gasteiger partial charge is 0.234 e. The first kappa shape index (κ1) is 20.4. The van der Waals surface area contributed by atoms with E-state index < -0.39 is 0 Å². The van der Waals surface area contributed by atoms with E-state index in [9.17, 15) is 4.79 Å². The van der Waals surface area contributed by atoms with Gasteiger partial charge in [0.1, 0.15) is 12.4 Å². The summed E-state index contributed by atoms with van der Waals surface area (Å²) in [6, 6.07) is 15.4. The highest BCUT2D eigenvalue weighted by atomic mass is 79.9. The molecule has 28 heavy (non-hydrogen) atoms. The summed E-state index contributed by atoms with van der Waals surface area (Å²) < 4.78 is 8.58. The maximum atomic E-state index is 12.3. The van der Waals surface area contributed by atoms with Gasteiger partial charge in [-0.15, -0.1) is 10.2 Å². The fourth-order valence-corrected chi connectivity index (χ4v) is 3.97. The predicted octanol–water partition coefficient (Wildman–Crippen LogP) is 4.68. The summed E-state index contributed by atoms with van der Waals surface area (Å²) in [4.78, 5) is 12.3. The Hall–Kier alpha value is -2.32. The van der Waals surface area contributed by atoms with Gasteiger partial charge < -0.3 is 14.6 Å². The molecule has 0 saturated carbocycles. The van der Waals surface area contributed by atoms with Crippen molar-refractivity contribution in [3.8, 4) is 5.75 Å². The molecule has 8 heteroatoms. The number of hydrogen-bond acceptors (Lipinski definition) is 5.